The van der Waals surface area contributed by atoms with Crippen LogP contribution in [0.2, 0.25) is 0 Å². The van der Waals surface area contributed by atoms with Gasteiger partial charge in [0, 0.05) is 0 Å². The van der Waals surface area contributed by atoms with E-state index >= 15 is 0 Å². The van der Waals surface area contributed by atoms with Crippen molar-refractivity contribution in [3.63, 3.8) is 0 Å². The Balaban J connectivity index is 2.37. The number of aryl methyl sites for hydroxylation is 1. The quantitative estimate of drug-likeness (QED) is 0.374. The fourth-order valence-corrected chi connectivity index (χ4v) is 3.61. The summed E-state index contributed by atoms with van der Waals surface area (Å²) in [5.41, 5.74) is -0.607. The number of ether oxygens (including phenoxy) is 3. The fraction of sp³-hybridized carbons (Fsp3) is 0.722. The number of aromatic nitrogens is 2. The third kappa shape index (κ3) is 5.52. The molecule has 27 heavy (non-hydrogen) atoms. The molecule has 1 fully saturated rings. The topological polar surface area (TPSA) is 103 Å². The van der Waals surface area contributed by atoms with Crippen LogP contribution in [0.1, 0.15) is 51.3 Å². The molecule has 2 rings (SSSR count). The van der Waals surface area contributed by atoms with Crippen LogP contribution in [0, 0.1) is 6.92 Å². The number of hydrogen-bond acceptors (Lipinski definition) is 6. The summed E-state index contributed by atoms with van der Waals surface area (Å²) in [6.07, 6.45) is 2.62. The zero-order chi connectivity index (χ0) is 20.0. The van der Waals surface area contributed by atoms with E-state index < -0.39 is 35.8 Å². The Morgan fingerprint density at radius 2 is 1.81 bits per heavy atom. The molecule has 2 heterocycles. The predicted octanol–water partition coefficient (Wildman–Crippen LogP) is 0.784. The van der Waals surface area contributed by atoms with Crippen LogP contribution in [0.25, 0.3) is 0 Å². The molecule has 1 aliphatic heterocycles. The van der Waals surface area contributed by atoms with Gasteiger partial charge in [-0.1, -0.05) is 0 Å². The first-order valence-electron chi connectivity index (χ1n) is 9.38. The first-order chi connectivity index (χ1) is 12.9. The number of nitrogens with one attached hydrogen (secondary N) is 1. The molecule has 0 spiro atoms. The van der Waals surface area contributed by atoms with Gasteiger partial charge < -0.3 is 0 Å². The molecule has 1 aliphatic rings. The monoisotopic (exact) mass is 488 g/mol. The number of aliphatic hydroxyl groups excluding tert-OH is 1. The van der Waals surface area contributed by atoms with E-state index in [1.165, 1.54) is 10.8 Å². The SMILES string of the molecule is CCCCO[C@@H]1[C@H](OCCCC)[C@@H]([C](O)=[Sn])O[C@H]1n1cc(C)c(=O)[nH]c1=O. The maximum absolute atomic E-state index is 12.4. The third-order valence-corrected chi connectivity index (χ3v) is 5.31. The second-order valence-corrected chi connectivity index (χ2v) is 8.15. The Morgan fingerprint density at radius 3 is 2.37 bits per heavy atom. The summed E-state index contributed by atoms with van der Waals surface area (Å²) < 4.78 is 19.5. The van der Waals surface area contributed by atoms with Gasteiger partial charge in [-0.05, 0) is 0 Å². The summed E-state index contributed by atoms with van der Waals surface area (Å²) in [6.45, 7) is 6.77. The number of hydrogen-bond donors (Lipinski definition) is 2. The molecule has 0 aliphatic carbocycles. The van der Waals surface area contributed by atoms with Crippen LogP contribution in [0.15, 0.2) is 15.8 Å². The fourth-order valence-electron chi connectivity index (χ4n) is 2.95. The number of unbranched alkanes of at least 4 members (excludes halogenated alkanes) is 2. The third-order valence-electron chi connectivity index (χ3n) is 4.50. The first kappa shape index (κ1) is 22.3. The molecule has 150 valence electrons. The number of H-pyrrole nitrogens is 1. The predicted molar refractivity (Wildman–Crippen MR) is 102 cm³/mol. The van der Waals surface area contributed by atoms with Gasteiger partial charge in [0.2, 0.25) is 0 Å². The average Bonchev–Trinajstić information content (AvgIpc) is 2.97. The Kier molecular flexibility index (Phi) is 8.71. The van der Waals surface area contributed by atoms with Crippen LogP contribution in [0.5, 0.6) is 0 Å². The van der Waals surface area contributed by atoms with Crippen molar-refractivity contribution in [3.8, 4) is 0 Å². The van der Waals surface area contributed by atoms with E-state index in [0.717, 1.165) is 47.7 Å². The minimum atomic E-state index is -0.788. The van der Waals surface area contributed by atoms with Crippen LogP contribution in [0.3, 0.4) is 0 Å². The molecule has 1 saturated heterocycles. The number of rotatable bonds is 10. The van der Waals surface area contributed by atoms with E-state index in [1.54, 1.807) is 6.92 Å². The molecule has 9 heteroatoms. The Morgan fingerprint density at radius 1 is 1.22 bits per heavy atom. The van der Waals surface area contributed by atoms with Gasteiger partial charge in [-0.25, -0.2) is 0 Å². The summed E-state index contributed by atoms with van der Waals surface area (Å²) in [7, 11) is 0. The van der Waals surface area contributed by atoms with Crippen molar-refractivity contribution in [1.29, 1.82) is 0 Å². The molecule has 0 bridgehead atoms. The van der Waals surface area contributed by atoms with E-state index in [2.05, 4.69) is 18.8 Å². The van der Waals surface area contributed by atoms with Crippen molar-refractivity contribution in [2.24, 2.45) is 0 Å². The van der Waals surface area contributed by atoms with E-state index in [4.69, 9.17) is 14.2 Å². The van der Waals surface area contributed by atoms with Crippen molar-refractivity contribution in [1.82, 2.24) is 9.55 Å². The minimum absolute atomic E-state index is 0.157. The van der Waals surface area contributed by atoms with Gasteiger partial charge in [-0.15, -0.1) is 0 Å². The zero-order valence-corrected chi connectivity index (χ0v) is 18.9. The molecule has 4 atom stereocenters. The van der Waals surface area contributed by atoms with Gasteiger partial charge in [0.25, 0.3) is 0 Å². The molecule has 2 N–H and O–H groups in total. The zero-order valence-electron chi connectivity index (χ0n) is 16.1. The van der Waals surface area contributed by atoms with Crippen LogP contribution in [-0.2, 0) is 14.2 Å². The second kappa shape index (κ2) is 10.5. The number of aromatic amines is 1. The van der Waals surface area contributed by atoms with Crippen LogP contribution in [0.4, 0.5) is 0 Å². The van der Waals surface area contributed by atoms with Crippen molar-refractivity contribution < 1.29 is 19.3 Å². The molecule has 2 radical (unpaired) electrons. The summed E-state index contributed by atoms with van der Waals surface area (Å²) >= 11 is 0.818. The Bertz CT molecular complexity index is 746. The molecular weight excluding hydrogens is 459 g/mol. The van der Waals surface area contributed by atoms with Crippen molar-refractivity contribution >= 4 is 25.8 Å². The molecular formula is C18H28N2O6Sn. The van der Waals surface area contributed by atoms with E-state index in [1.807, 2.05) is 0 Å². The van der Waals surface area contributed by atoms with Crippen molar-refractivity contribution in [3.05, 3.63) is 32.6 Å². The maximum atomic E-state index is 12.4. The van der Waals surface area contributed by atoms with Crippen LogP contribution < -0.4 is 11.2 Å². The summed E-state index contributed by atoms with van der Waals surface area (Å²) in [4.78, 5) is 26.4. The molecule has 1 aromatic rings. The standard InChI is InChI=1S/C18H28N2O6.Sn/c1-4-6-8-24-14-13(11-21)26-17(15(14)25-9-7-5-2)20-10-12(3)16(22)19-18(20)23;/h10,13-15,17,21H,4-9H2,1-3H3,(H,19,22,23);/t13-,14-,15-,17-;/m1./s1. The summed E-state index contributed by atoms with van der Waals surface area (Å²) in [6, 6.07) is 0. The van der Waals surface area contributed by atoms with Crippen molar-refractivity contribution in [2.45, 2.75) is 71.0 Å². The normalized spacial score (nSPS) is 25.0. The van der Waals surface area contributed by atoms with Gasteiger partial charge in [0.15, 0.2) is 0 Å². The number of nitrogens with zero attached hydrogens (tertiary/aromatic N) is 1. The summed E-state index contributed by atoms with van der Waals surface area (Å²) in [5.74, 6) is 0. The van der Waals surface area contributed by atoms with Gasteiger partial charge >= 0.3 is 171 Å². The first-order valence-corrected chi connectivity index (χ1v) is 10.8. The Hall–Kier alpha value is -0.971. The van der Waals surface area contributed by atoms with E-state index in [-0.39, 0.29) is 3.70 Å². The van der Waals surface area contributed by atoms with Crippen LogP contribution in [-0.4, -0.2) is 71.9 Å². The van der Waals surface area contributed by atoms with E-state index in [9.17, 15) is 14.7 Å². The van der Waals surface area contributed by atoms with E-state index in [0.29, 0.717) is 18.8 Å². The Labute approximate surface area is 171 Å². The molecule has 0 unspecified atom stereocenters. The summed E-state index contributed by atoms with van der Waals surface area (Å²) in [5, 5.41) is 10.2. The molecule has 0 saturated carbocycles. The van der Waals surface area contributed by atoms with Crippen molar-refractivity contribution in [2.75, 3.05) is 13.2 Å². The molecule has 1 aromatic heterocycles. The van der Waals surface area contributed by atoms with Gasteiger partial charge in [0.05, 0.1) is 0 Å². The second-order valence-electron chi connectivity index (χ2n) is 6.69. The molecule has 8 nitrogen and oxygen atoms in total. The molecule has 0 amide bonds. The van der Waals surface area contributed by atoms with Gasteiger partial charge in [-0.2, -0.15) is 0 Å². The average molecular weight is 487 g/mol. The van der Waals surface area contributed by atoms with Crippen LogP contribution >= 0.6 is 0 Å². The number of aliphatic hydroxyl groups is 1. The van der Waals surface area contributed by atoms with Gasteiger partial charge in [-0.3, -0.25) is 0 Å². The van der Waals surface area contributed by atoms with Gasteiger partial charge in [0.1, 0.15) is 0 Å². The molecule has 0 aromatic carbocycles.